The highest BCUT2D eigenvalue weighted by Crippen LogP contribution is 2.28. The minimum Gasteiger partial charge on any atom is -0.483 e. The Bertz CT molecular complexity index is 485. The van der Waals surface area contributed by atoms with Crippen LogP contribution in [0.1, 0.15) is 33.1 Å². The number of benzene rings is 1. The Balaban J connectivity index is 1.97. The van der Waals surface area contributed by atoms with Gasteiger partial charge in [0.1, 0.15) is 5.75 Å². The summed E-state index contributed by atoms with van der Waals surface area (Å²) in [6.45, 7) is 4.27. The lowest BCUT2D eigenvalue weighted by molar-refractivity contribution is -0.139. The van der Waals surface area contributed by atoms with Crippen molar-refractivity contribution in [3.05, 3.63) is 27.7 Å². The summed E-state index contributed by atoms with van der Waals surface area (Å²) in [6, 6.07) is 5.86. The summed E-state index contributed by atoms with van der Waals surface area (Å²) in [7, 11) is 0. The van der Waals surface area contributed by atoms with Crippen LogP contribution >= 0.6 is 27.5 Å². The maximum atomic E-state index is 12.3. The first-order chi connectivity index (χ1) is 9.49. The van der Waals surface area contributed by atoms with Crippen molar-refractivity contribution in [1.82, 2.24) is 4.90 Å². The molecule has 1 amide bonds. The zero-order chi connectivity index (χ0) is 14.7. The quantitative estimate of drug-likeness (QED) is 0.805. The van der Waals surface area contributed by atoms with Crippen molar-refractivity contribution in [3.8, 4) is 5.75 Å². The van der Waals surface area contributed by atoms with Crippen LogP contribution < -0.4 is 4.74 Å². The molecule has 3 nitrogen and oxygen atoms in total. The Morgan fingerprint density at radius 3 is 2.65 bits per heavy atom. The van der Waals surface area contributed by atoms with E-state index in [9.17, 15) is 4.79 Å². The molecule has 1 aliphatic heterocycles. The highest BCUT2D eigenvalue weighted by atomic mass is 79.9. The van der Waals surface area contributed by atoms with Crippen molar-refractivity contribution in [1.29, 1.82) is 0 Å². The van der Waals surface area contributed by atoms with Crippen LogP contribution in [0.15, 0.2) is 22.7 Å². The molecule has 1 fully saturated rings. The van der Waals surface area contributed by atoms with E-state index in [4.69, 9.17) is 16.3 Å². The Kier molecular flexibility index (Phi) is 5.33. The van der Waals surface area contributed by atoms with Crippen molar-refractivity contribution in [2.45, 2.75) is 45.2 Å². The molecule has 2 rings (SSSR count). The van der Waals surface area contributed by atoms with Crippen LogP contribution in [-0.2, 0) is 4.79 Å². The number of hydrogen-bond acceptors (Lipinski definition) is 2. The number of piperidine rings is 1. The average molecular weight is 361 g/mol. The third-order valence-corrected chi connectivity index (χ3v) is 4.58. The molecule has 0 bridgehead atoms. The molecule has 0 saturated carbocycles. The summed E-state index contributed by atoms with van der Waals surface area (Å²) in [5.74, 6) is 0.687. The van der Waals surface area contributed by atoms with Gasteiger partial charge in [-0.2, -0.15) is 0 Å². The molecule has 5 heteroatoms. The van der Waals surface area contributed by atoms with Gasteiger partial charge in [0.15, 0.2) is 6.61 Å². The predicted molar refractivity (Wildman–Crippen MR) is 84.3 cm³/mol. The van der Waals surface area contributed by atoms with Gasteiger partial charge in [0, 0.05) is 17.1 Å². The maximum absolute atomic E-state index is 12.3. The summed E-state index contributed by atoms with van der Waals surface area (Å²) < 4.78 is 6.37. The van der Waals surface area contributed by atoms with Crippen LogP contribution in [0.25, 0.3) is 0 Å². The molecule has 1 aromatic carbocycles. The molecule has 0 spiro atoms. The Hall–Kier alpha value is -0.740. The smallest absolute Gasteiger partial charge is 0.260 e. The number of carbonyl (C=O) groups excluding carboxylic acids is 1. The fourth-order valence-corrected chi connectivity index (χ4v) is 3.52. The maximum Gasteiger partial charge on any atom is 0.260 e. The van der Waals surface area contributed by atoms with Gasteiger partial charge in [0.05, 0.1) is 4.47 Å². The summed E-state index contributed by atoms with van der Waals surface area (Å²) in [5, 5.41) is 0.633. The normalized spacial score (nSPS) is 22.7. The first-order valence-electron chi connectivity index (χ1n) is 6.88. The molecule has 1 heterocycles. The molecule has 0 N–H and O–H groups in total. The number of halogens is 2. The zero-order valence-corrected chi connectivity index (χ0v) is 14.1. The van der Waals surface area contributed by atoms with Crippen LogP contribution in [0.5, 0.6) is 5.75 Å². The lowest BCUT2D eigenvalue weighted by Crippen LogP contribution is -2.49. The van der Waals surface area contributed by atoms with Gasteiger partial charge < -0.3 is 9.64 Å². The summed E-state index contributed by atoms with van der Waals surface area (Å²) in [4.78, 5) is 14.3. The number of amides is 1. The van der Waals surface area contributed by atoms with E-state index in [1.165, 1.54) is 6.42 Å². The van der Waals surface area contributed by atoms with Crippen LogP contribution in [0.2, 0.25) is 5.02 Å². The molecule has 1 saturated heterocycles. The lowest BCUT2D eigenvalue weighted by atomic mass is 9.97. The van der Waals surface area contributed by atoms with Crippen LogP contribution in [-0.4, -0.2) is 29.5 Å². The van der Waals surface area contributed by atoms with Gasteiger partial charge in [-0.3, -0.25) is 4.79 Å². The molecule has 1 aliphatic rings. The van der Waals surface area contributed by atoms with Crippen LogP contribution in [0.3, 0.4) is 0 Å². The predicted octanol–water partition coefficient (Wildman–Crippen LogP) is 4.27. The highest BCUT2D eigenvalue weighted by molar-refractivity contribution is 9.10. The van der Waals surface area contributed by atoms with Gasteiger partial charge in [0.25, 0.3) is 5.91 Å². The van der Waals surface area contributed by atoms with Gasteiger partial charge in [-0.25, -0.2) is 0 Å². The fourth-order valence-electron chi connectivity index (χ4n) is 2.72. The first kappa shape index (κ1) is 15.6. The van der Waals surface area contributed by atoms with Gasteiger partial charge in [-0.15, -0.1) is 0 Å². The second-order valence-electron chi connectivity index (χ2n) is 5.29. The van der Waals surface area contributed by atoms with Gasteiger partial charge in [0.2, 0.25) is 0 Å². The summed E-state index contributed by atoms with van der Waals surface area (Å²) >= 11 is 9.26. The van der Waals surface area contributed by atoms with E-state index in [-0.39, 0.29) is 12.5 Å². The standard InChI is InChI=1S/C15H19BrClNO2/c1-10-4-3-5-11(2)18(10)15(19)9-20-14-7-6-12(17)8-13(14)16/h6-8,10-11H,3-5,9H2,1-2H3/t10-,11-/m0/s1. The van der Waals surface area contributed by atoms with E-state index in [1.807, 2.05) is 4.90 Å². The van der Waals surface area contributed by atoms with E-state index in [0.29, 0.717) is 22.9 Å². The SMILES string of the molecule is C[C@H]1CCC[C@H](C)N1C(=O)COc1ccc(Cl)cc1Br. The van der Waals surface area contributed by atoms with Gasteiger partial charge in [-0.05, 0) is 67.2 Å². The molecular weight excluding hydrogens is 342 g/mol. The van der Waals surface area contributed by atoms with E-state index in [2.05, 4.69) is 29.8 Å². The molecule has 0 unspecified atom stereocenters. The highest BCUT2D eigenvalue weighted by Gasteiger charge is 2.29. The largest absolute Gasteiger partial charge is 0.483 e. The minimum atomic E-state index is 0.0477. The summed E-state index contributed by atoms with van der Waals surface area (Å²) in [5.41, 5.74) is 0. The number of nitrogens with zero attached hydrogens (tertiary/aromatic N) is 1. The van der Waals surface area contributed by atoms with E-state index in [0.717, 1.165) is 17.3 Å². The van der Waals surface area contributed by atoms with E-state index in [1.54, 1.807) is 18.2 Å². The van der Waals surface area contributed by atoms with Crippen molar-refractivity contribution in [2.75, 3.05) is 6.61 Å². The van der Waals surface area contributed by atoms with E-state index < -0.39 is 0 Å². The molecule has 20 heavy (non-hydrogen) atoms. The second kappa shape index (κ2) is 6.81. The van der Waals surface area contributed by atoms with E-state index >= 15 is 0 Å². The number of likely N-dealkylation sites (tertiary alicyclic amines) is 1. The van der Waals surface area contributed by atoms with Crippen molar-refractivity contribution in [2.24, 2.45) is 0 Å². The van der Waals surface area contributed by atoms with Crippen molar-refractivity contribution in [3.63, 3.8) is 0 Å². The third kappa shape index (κ3) is 3.67. The molecule has 0 radical (unpaired) electrons. The van der Waals surface area contributed by atoms with Crippen LogP contribution in [0.4, 0.5) is 0 Å². The summed E-state index contributed by atoms with van der Waals surface area (Å²) in [6.07, 6.45) is 3.33. The zero-order valence-electron chi connectivity index (χ0n) is 11.7. The number of ether oxygens (including phenoxy) is 1. The molecular formula is C15H19BrClNO2. The lowest BCUT2D eigenvalue weighted by Gasteiger charge is -2.39. The monoisotopic (exact) mass is 359 g/mol. The molecule has 2 atom stereocenters. The molecule has 0 aliphatic carbocycles. The molecule has 110 valence electrons. The third-order valence-electron chi connectivity index (χ3n) is 3.73. The first-order valence-corrected chi connectivity index (χ1v) is 8.05. The van der Waals surface area contributed by atoms with Crippen LogP contribution in [0, 0.1) is 0 Å². The minimum absolute atomic E-state index is 0.0477. The van der Waals surface area contributed by atoms with Crippen molar-refractivity contribution >= 4 is 33.4 Å². The Morgan fingerprint density at radius 2 is 2.05 bits per heavy atom. The van der Waals surface area contributed by atoms with Gasteiger partial charge in [-0.1, -0.05) is 11.6 Å². The van der Waals surface area contributed by atoms with Crippen molar-refractivity contribution < 1.29 is 9.53 Å². The van der Waals surface area contributed by atoms with Gasteiger partial charge >= 0.3 is 0 Å². The Morgan fingerprint density at radius 1 is 1.40 bits per heavy atom. The Labute approximate surface area is 133 Å². The number of hydrogen-bond donors (Lipinski definition) is 0. The second-order valence-corrected chi connectivity index (χ2v) is 6.58. The molecule has 0 aromatic heterocycles. The average Bonchev–Trinajstić information content (AvgIpc) is 2.37. The topological polar surface area (TPSA) is 29.5 Å². The number of rotatable bonds is 3. The number of carbonyl (C=O) groups is 1. The fraction of sp³-hybridized carbons (Fsp3) is 0.533. The molecule has 1 aromatic rings.